The normalized spacial score (nSPS) is 11.0. The van der Waals surface area contributed by atoms with Crippen molar-refractivity contribution in [3.8, 4) is 0 Å². The van der Waals surface area contributed by atoms with Gasteiger partial charge in [-0.25, -0.2) is 4.99 Å². The molecular weight excluding hydrogens is 389 g/mol. The lowest BCUT2D eigenvalue weighted by Crippen LogP contribution is -2.32. The molecule has 0 spiro atoms. The molecule has 0 aliphatic heterocycles. The molecule has 0 saturated carbocycles. The average molecular weight is 413 g/mol. The van der Waals surface area contributed by atoms with Crippen molar-refractivity contribution in [1.82, 2.24) is 15.1 Å². The summed E-state index contributed by atoms with van der Waals surface area (Å²) in [7, 11) is 0. The molecule has 2 aromatic rings. The van der Waals surface area contributed by atoms with Gasteiger partial charge in [0.05, 0.1) is 19.3 Å². The third-order valence-corrected chi connectivity index (χ3v) is 3.14. The summed E-state index contributed by atoms with van der Waals surface area (Å²) < 4.78 is 1.92. The maximum absolute atomic E-state index is 5.80. The Bertz CT molecular complexity index is 565. The van der Waals surface area contributed by atoms with Gasteiger partial charge in [0.2, 0.25) is 0 Å². The lowest BCUT2D eigenvalue weighted by molar-refractivity contribution is 0.686. The summed E-state index contributed by atoms with van der Waals surface area (Å²) >= 11 is 0. The molecule has 3 N–H and O–H groups in total. The van der Waals surface area contributed by atoms with E-state index in [9.17, 15) is 0 Å². The fraction of sp³-hybridized carbons (Fsp3) is 0.375. The molecule has 0 aliphatic carbocycles. The van der Waals surface area contributed by atoms with Crippen LogP contribution in [0.15, 0.2) is 47.7 Å². The van der Waals surface area contributed by atoms with Gasteiger partial charge in [-0.1, -0.05) is 43.7 Å². The van der Waals surface area contributed by atoms with E-state index in [4.69, 9.17) is 5.73 Å². The number of aromatic nitrogens is 2. The third kappa shape index (κ3) is 6.46. The smallest absolute Gasteiger partial charge is 0.188 e. The molecular formula is C16H24IN5. The number of hydrogen-bond acceptors (Lipinski definition) is 2. The Balaban J connectivity index is 0.00000242. The van der Waals surface area contributed by atoms with Gasteiger partial charge < -0.3 is 11.1 Å². The van der Waals surface area contributed by atoms with Crippen LogP contribution in [0.4, 0.5) is 0 Å². The van der Waals surface area contributed by atoms with Crippen molar-refractivity contribution in [2.24, 2.45) is 10.7 Å². The first-order chi connectivity index (χ1) is 10.3. The lowest BCUT2D eigenvalue weighted by Gasteiger charge is -2.03. The first-order valence-electron chi connectivity index (χ1n) is 7.37. The fourth-order valence-corrected chi connectivity index (χ4v) is 1.97. The number of aliphatic imine (C=N–C) groups is 1. The summed E-state index contributed by atoms with van der Waals surface area (Å²) in [6, 6.07) is 10.3. The van der Waals surface area contributed by atoms with Gasteiger partial charge in [-0.3, -0.25) is 4.68 Å². The van der Waals surface area contributed by atoms with Crippen LogP contribution in [0.3, 0.4) is 0 Å². The Hall–Kier alpha value is -1.57. The first-order valence-corrected chi connectivity index (χ1v) is 7.37. The van der Waals surface area contributed by atoms with Gasteiger partial charge in [0, 0.05) is 18.3 Å². The number of nitrogens with one attached hydrogen (secondary N) is 1. The van der Waals surface area contributed by atoms with Crippen molar-refractivity contribution >= 4 is 29.9 Å². The molecule has 1 aromatic carbocycles. The maximum atomic E-state index is 5.80. The second kappa shape index (κ2) is 10.2. The van der Waals surface area contributed by atoms with Crippen LogP contribution < -0.4 is 11.1 Å². The molecule has 5 nitrogen and oxygen atoms in total. The van der Waals surface area contributed by atoms with Gasteiger partial charge in [-0.15, -0.1) is 24.0 Å². The van der Waals surface area contributed by atoms with E-state index in [1.54, 1.807) is 0 Å². The molecule has 0 atom stereocenters. The fourth-order valence-electron chi connectivity index (χ4n) is 1.97. The highest BCUT2D eigenvalue weighted by atomic mass is 127. The zero-order valence-electron chi connectivity index (χ0n) is 12.9. The second-order valence-electron chi connectivity index (χ2n) is 5.01. The minimum atomic E-state index is 0. The van der Waals surface area contributed by atoms with E-state index in [0.717, 1.165) is 31.5 Å². The van der Waals surface area contributed by atoms with Crippen molar-refractivity contribution in [3.63, 3.8) is 0 Å². The van der Waals surface area contributed by atoms with Gasteiger partial charge in [-0.05, 0) is 12.0 Å². The summed E-state index contributed by atoms with van der Waals surface area (Å²) in [6.07, 6.45) is 6.10. The van der Waals surface area contributed by atoms with Crippen LogP contribution in [0, 0.1) is 0 Å². The average Bonchev–Trinajstić information content (AvgIpc) is 2.94. The summed E-state index contributed by atoms with van der Waals surface area (Å²) in [5.41, 5.74) is 8.10. The topological polar surface area (TPSA) is 68.2 Å². The molecule has 0 saturated heterocycles. The number of unbranched alkanes of at least 4 members (excludes halogenated alkanes) is 1. The largest absolute Gasteiger partial charge is 0.370 e. The Morgan fingerprint density at radius 1 is 1.27 bits per heavy atom. The number of nitrogens with two attached hydrogens (primary N) is 1. The van der Waals surface area contributed by atoms with Crippen LogP contribution in [-0.4, -0.2) is 22.3 Å². The minimum absolute atomic E-state index is 0. The predicted molar refractivity (Wildman–Crippen MR) is 101 cm³/mol. The Labute approximate surface area is 149 Å². The quantitative estimate of drug-likeness (QED) is 0.318. The number of nitrogens with zero attached hydrogens (tertiary/aromatic N) is 3. The molecule has 22 heavy (non-hydrogen) atoms. The van der Waals surface area contributed by atoms with Crippen LogP contribution in [0.25, 0.3) is 0 Å². The number of benzene rings is 1. The van der Waals surface area contributed by atoms with Crippen molar-refractivity contribution in [2.45, 2.75) is 32.9 Å². The van der Waals surface area contributed by atoms with Crippen molar-refractivity contribution in [1.29, 1.82) is 0 Å². The summed E-state index contributed by atoms with van der Waals surface area (Å²) in [5.74, 6) is 0.499. The first kappa shape index (κ1) is 18.5. The highest BCUT2D eigenvalue weighted by Crippen LogP contribution is 2.04. The van der Waals surface area contributed by atoms with Crippen LogP contribution in [0.5, 0.6) is 0 Å². The van der Waals surface area contributed by atoms with Crippen LogP contribution in [0.2, 0.25) is 0 Å². The predicted octanol–water partition coefficient (Wildman–Crippen LogP) is 2.75. The highest BCUT2D eigenvalue weighted by molar-refractivity contribution is 14.0. The van der Waals surface area contributed by atoms with Crippen LogP contribution in [-0.2, 0) is 13.1 Å². The molecule has 6 heteroatoms. The molecule has 2 rings (SSSR count). The Kier molecular flexibility index (Phi) is 8.57. The van der Waals surface area contributed by atoms with Crippen molar-refractivity contribution < 1.29 is 0 Å². The summed E-state index contributed by atoms with van der Waals surface area (Å²) in [4.78, 5) is 4.32. The van der Waals surface area contributed by atoms with Gasteiger partial charge in [0.25, 0.3) is 0 Å². The highest BCUT2D eigenvalue weighted by Gasteiger charge is 1.99. The van der Waals surface area contributed by atoms with E-state index in [1.807, 2.05) is 35.3 Å². The molecule has 0 fully saturated rings. The molecule has 1 heterocycles. The van der Waals surface area contributed by atoms with E-state index < -0.39 is 0 Å². The van der Waals surface area contributed by atoms with Crippen molar-refractivity contribution in [3.05, 3.63) is 53.9 Å². The molecule has 0 unspecified atom stereocenters. The van der Waals surface area contributed by atoms with E-state index in [-0.39, 0.29) is 24.0 Å². The Morgan fingerprint density at radius 2 is 2.05 bits per heavy atom. The molecule has 1 aromatic heterocycles. The number of halogens is 1. The summed E-state index contributed by atoms with van der Waals surface area (Å²) in [5, 5.41) is 7.45. The molecule has 0 bridgehead atoms. The zero-order chi connectivity index (χ0) is 14.9. The molecule has 0 radical (unpaired) electrons. The van der Waals surface area contributed by atoms with Crippen LogP contribution in [0.1, 0.15) is 30.9 Å². The van der Waals surface area contributed by atoms with Gasteiger partial charge >= 0.3 is 0 Å². The van der Waals surface area contributed by atoms with E-state index in [1.165, 1.54) is 5.56 Å². The molecule has 0 aliphatic rings. The van der Waals surface area contributed by atoms with Crippen molar-refractivity contribution in [2.75, 3.05) is 6.54 Å². The zero-order valence-corrected chi connectivity index (χ0v) is 15.2. The minimum Gasteiger partial charge on any atom is -0.370 e. The van der Waals surface area contributed by atoms with Crippen LogP contribution >= 0.6 is 24.0 Å². The van der Waals surface area contributed by atoms with E-state index >= 15 is 0 Å². The SMILES string of the molecule is CCCCNC(N)=NCc1cnn(Cc2ccccc2)c1.I. The molecule has 0 amide bonds. The monoisotopic (exact) mass is 413 g/mol. The lowest BCUT2D eigenvalue weighted by atomic mass is 10.2. The third-order valence-electron chi connectivity index (χ3n) is 3.14. The van der Waals surface area contributed by atoms with Gasteiger partial charge in [0.15, 0.2) is 5.96 Å². The molecule has 120 valence electrons. The second-order valence-corrected chi connectivity index (χ2v) is 5.01. The van der Waals surface area contributed by atoms with Gasteiger partial charge in [0.1, 0.15) is 0 Å². The number of hydrogen-bond donors (Lipinski definition) is 2. The van der Waals surface area contributed by atoms with E-state index in [0.29, 0.717) is 12.5 Å². The standard InChI is InChI=1S/C16H23N5.HI/c1-2-3-9-18-16(17)19-10-15-11-20-21(13-15)12-14-7-5-4-6-8-14;/h4-8,11,13H,2-3,9-10,12H2,1H3,(H3,17,18,19);1H. The maximum Gasteiger partial charge on any atom is 0.188 e. The number of rotatable bonds is 7. The van der Waals surface area contributed by atoms with E-state index in [2.05, 4.69) is 34.5 Å². The van der Waals surface area contributed by atoms with Gasteiger partial charge in [-0.2, -0.15) is 5.10 Å². The Morgan fingerprint density at radius 3 is 2.77 bits per heavy atom. The summed E-state index contributed by atoms with van der Waals surface area (Å²) in [6.45, 7) is 4.35. The number of guanidine groups is 1.